The fourth-order valence-electron chi connectivity index (χ4n) is 2.82. The van der Waals surface area contributed by atoms with Gasteiger partial charge in [0.05, 0.1) is 28.6 Å². The summed E-state index contributed by atoms with van der Waals surface area (Å²) < 4.78 is 0. The SMILES string of the molecule is Cc1ccnc(C(=O)CC(=O)N(Cc2ccc(Cl)c(Cl)c2)c2ccc(C(=O)O)cc2)n1. The van der Waals surface area contributed by atoms with Gasteiger partial charge in [-0.3, -0.25) is 9.59 Å². The summed E-state index contributed by atoms with van der Waals surface area (Å²) in [7, 11) is 0. The molecule has 0 aliphatic heterocycles. The Bertz CT molecular complexity index is 1150. The fraction of sp³-hybridized carbons (Fsp3) is 0.136. The van der Waals surface area contributed by atoms with Crippen LogP contribution in [0.15, 0.2) is 54.7 Å². The van der Waals surface area contributed by atoms with E-state index in [0.29, 0.717) is 27.0 Å². The number of hydrogen-bond donors (Lipinski definition) is 1. The number of carboxylic acid groups (broad SMARTS) is 1. The zero-order valence-electron chi connectivity index (χ0n) is 16.4. The Morgan fingerprint density at radius 2 is 1.71 bits per heavy atom. The molecule has 1 N–H and O–H groups in total. The topological polar surface area (TPSA) is 100 Å². The Labute approximate surface area is 188 Å². The van der Waals surface area contributed by atoms with Gasteiger partial charge in [0.1, 0.15) is 0 Å². The van der Waals surface area contributed by atoms with Gasteiger partial charge in [-0.15, -0.1) is 0 Å². The van der Waals surface area contributed by atoms with Crippen LogP contribution in [0.25, 0.3) is 0 Å². The molecule has 0 spiro atoms. The first-order chi connectivity index (χ1) is 14.7. The van der Waals surface area contributed by atoms with Gasteiger partial charge in [-0.2, -0.15) is 0 Å². The number of Topliss-reactive ketones (excluding diaryl/α,β-unsaturated/α-hetero) is 1. The average Bonchev–Trinajstić information content (AvgIpc) is 2.74. The van der Waals surface area contributed by atoms with Crippen molar-refractivity contribution in [2.75, 3.05) is 4.90 Å². The Morgan fingerprint density at radius 3 is 2.32 bits per heavy atom. The minimum absolute atomic E-state index is 0.0379. The van der Waals surface area contributed by atoms with Crippen molar-refractivity contribution >= 4 is 46.5 Å². The first kappa shape index (κ1) is 22.4. The smallest absolute Gasteiger partial charge is 0.335 e. The normalized spacial score (nSPS) is 10.5. The highest BCUT2D eigenvalue weighted by molar-refractivity contribution is 6.42. The second-order valence-electron chi connectivity index (χ2n) is 6.70. The molecule has 0 bridgehead atoms. The van der Waals surface area contributed by atoms with Crippen LogP contribution in [0.1, 0.15) is 38.7 Å². The first-order valence-corrected chi connectivity index (χ1v) is 9.90. The molecule has 0 aliphatic carbocycles. The van der Waals surface area contributed by atoms with Gasteiger partial charge in [-0.1, -0.05) is 29.3 Å². The molecule has 3 aromatic rings. The van der Waals surface area contributed by atoms with Crippen LogP contribution < -0.4 is 4.90 Å². The number of amides is 1. The summed E-state index contributed by atoms with van der Waals surface area (Å²) in [6.07, 6.45) is 1.00. The average molecular weight is 458 g/mol. The van der Waals surface area contributed by atoms with E-state index in [1.807, 2.05) is 0 Å². The molecule has 0 unspecified atom stereocenters. The molecule has 9 heteroatoms. The van der Waals surface area contributed by atoms with E-state index >= 15 is 0 Å². The number of carboxylic acids is 1. The third kappa shape index (κ3) is 5.65. The van der Waals surface area contributed by atoms with Crippen LogP contribution in [-0.2, 0) is 11.3 Å². The van der Waals surface area contributed by atoms with Crippen molar-refractivity contribution < 1.29 is 19.5 Å². The number of aromatic nitrogens is 2. The van der Waals surface area contributed by atoms with Gasteiger partial charge >= 0.3 is 5.97 Å². The zero-order valence-corrected chi connectivity index (χ0v) is 17.9. The Morgan fingerprint density at radius 1 is 1.00 bits per heavy atom. The molecule has 0 atom stereocenters. The number of rotatable bonds is 7. The molecule has 1 aromatic heterocycles. The third-order valence-electron chi connectivity index (χ3n) is 4.41. The molecule has 158 valence electrons. The van der Waals surface area contributed by atoms with Crippen molar-refractivity contribution in [3.8, 4) is 0 Å². The van der Waals surface area contributed by atoms with Gasteiger partial charge < -0.3 is 10.0 Å². The molecule has 7 nitrogen and oxygen atoms in total. The fourth-order valence-corrected chi connectivity index (χ4v) is 3.14. The molecule has 0 saturated carbocycles. The largest absolute Gasteiger partial charge is 0.478 e. The number of nitrogens with zero attached hydrogens (tertiary/aromatic N) is 3. The van der Waals surface area contributed by atoms with Crippen LogP contribution in [0, 0.1) is 6.92 Å². The van der Waals surface area contributed by atoms with Crippen LogP contribution in [0.4, 0.5) is 5.69 Å². The summed E-state index contributed by atoms with van der Waals surface area (Å²) in [5, 5.41) is 9.82. The molecule has 0 fully saturated rings. The van der Waals surface area contributed by atoms with E-state index in [4.69, 9.17) is 28.3 Å². The molecule has 31 heavy (non-hydrogen) atoms. The molecular weight excluding hydrogens is 441 g/mol. The summed E-state index contributed by atoms with van der Waals surface area (Å²) in [6.45, 7) is 1.82. The van der Waals surface area contributed by atoms with Crippen molar-refractivity contribution in [3.05, 3.63) is 87.4 Å². The summed E-state index contributed by atoms with van der Waals surface area (Å²) in [5.41, 5.74) is 1.81. The lowest BCUT2D eigenvalue weighted by molar-refractivity contribution is -0.117. The predicted octanol–water partition coefficient (Wildman–Crippen LogP) is 4.60. The Kier molecular flexibility index (Phi) is 6.99. The van der Waals surface area contributed by atoms with E-state index in [1.165, 1.54) is 35.4 Å². The standard InChI is InChI=1S/C22H17Cl2N3O4/c1-13-8-9-25-21(26-13)19(28)11-20(29)27(12-14-2-7-17(23)18(24)10-14)16-5-3-15(4-6-16)22(30)31/h2-10H,11-12H2,1H3,(H,30,31). The van der Waals surface area contributed by atoms with Crippen molar-refractivity contribution in [3.63, 3.8) is 0 Å². The van der Waals surface area contributed by atoms with Gasteiger partial charge in [-0.05, 0) is 55.0 Å². The highest BCUT2D eigenvalue weighted by Crippen LogP contribution is 2.25. The number of halogens is 2. The molecule has 0 saturated heterocycles. The molecule has 0 aliphatic rings. The maximum atomic E-state index is 13.1. The summed E-state index contributed by atoms with van der Waals surface area (Å²) in [6, 6.07) is 12.4. The lowest BCUT2D eigenvalue weighted by Crippen LogP contribution is -2.32. The van der Waals surface area contributed by atoms with Crippen molar-refractivity contribution in [1.82, 2.24) is 9.97 Å². The van der Waals surface area contributed by atoms with Crippen LogP contribution in [-0.4, -0.2) is 32.7 Å². The minimum atomic E-state index is -1.08. The second kappa shape index (κ2) is 9.68. The van der Waals surface area contributed by atoms with Gasteiger partial charge in [0.25, 0.3) is 0 Å². The maximum Gasteiger partial charge on any atom is 0.335 e. The maximum absolute atomic E-state index is 13.1. The van der Waals surface area contributed by atoms with Gasteiger partial charge in [0.15, 0.2) is 5.82 Å². The monoisotopic (exact) mass is 457 g/mol. The predicted molar refractivity (Wildman–Crippen MR) is 117 cm³/mol. The molecule has 0 radical (unpaired) electrons. The minimum Gasteiger partial charge on any atom is -0.478 e. The first-order valence-electron chi connectivity index (χ1n) is 9.15. The van der Waals surface area contributed by atoms with Crippen LogP contribution >= 0.6 is 23.2 Å². The zero-order chi connectivity index (χ0) is 22.5. The van der Waals surface area contributed by atoms with E-state index in [1.54, 1.807) is 31.2 Å². The van der Waals surface area contributed by atoms with Crippen molar-refractivity contribution in [2.24, 2.45) is 0 Å². The van der Waals surface area contributed by atoms with Crippen LogP contribution in [0.2, 0.25) is 10.0 Å². The summed E-state index contributed by atoms with van der Waals surface area (Å²) in [5.74, 6) is -2.14. The van der Waals surface area contributed by atoms with Gasteiger partial charge in [0, 0.05) is 17.6 Å². The lowest BCUT2D eigenvalue weighted by atomic mass is 10.1. The van der Waals surface area contributed by atoms with E-state index < -0.39 is 24.1 Å². The van der Waals surface area contributed by atoms with Gasteiger partial charge in [-0.25, -0.2) is 14.8 Å². The summed E-state index contributed by atoms with van der Waals surface area (Å²) >= 11 is 12.1. The lowest BCUT2D eigenvalue weighted by Gasteiger charge is -2.23. The number of benzene rings is 2. The molecule has 1 heterocycles. The number of carbonyl (C=O) groups excluding carboxylic acids is 2. The summed E-state index contributed by atoms with van der Waals surface area (Å²) in [4.78, 5) is 46.1. The number of anilines is 1. The van der Waals surface area contributed by atoms with E-state index in [0.717, 1.165) is 0 Å². The number of aromatic carboxylic acids is 1. The van der Waals surface area contributed by atoms with E-state index in [9.17, 15) is 14.4 Å². The van der Waals surface area contributed by atoms with Crippen molar-refractivity contribution in [2.45, 2.75) is 19.9 Å². The molecule has 1 amide bonds. The molecular formula is C22H17Cl2N3O4. The quantitative estimate of drug-likeness (QED) is 0.411. The van der Waals surface area contributed by atoms with E-state index in [2.05, 4.69) is 9.97 Å². The number of aryl methyl sites for hydroxylation is 1. The highest BCUT2D eigenvalue weighted by atomic mass is 35.5. The van der Waals surface area contributed by atoms with Crippen LogP contribution in [0.5, 0.6) is 0 Å². The number of carbonyl (C=O) groups is 3. The Hall–Kier alpha value is -3.29. The van der Waals surface area contributed by atoms with Crippen molar-refractivity contribution in [1.29, 1.82) is 0 Å². The molecule has 3 rings (SSSR count). The number of hydrogen-bond acceptors (Lipinski definition) is 5. The Balaban J connectivity index is 1.89. The van der Waals surface area contributed by atoms with E-state index in [-0.39, 0.29) is 17.9 Å². The third-order valence-corrected chi connectivity index (χ3v) is 5.15. The molecule has 2 aromatic carbocycles. The number of ketones is 1. The highest BCUT2D eigenvalue weighted by Gasteiger charge is 2.22. The van der Waals surface area contributed by atoms with Gasteiger partial charge in [0.2, 0.25) is 11.7 Å². The second-order valence-corrected chi connectivity index (χ2v) is 7.52. The van der Waals surface area contributed by atoms with Crippen LogP contribution in [0.3, 0.4) is 0 Å².